The predicted molar refractivity (Wildman–Crippen MR) is 148 cm³/mol. The number of carbonyl (C=O) groups excluding carboxylic acids is 1. The fourth-order valence-corrected chi connectivity index (χ4v) is 3.90. The average molecular weight is 502 g/mol. The maximum atomic E-state index is 12.6. The van der Waals surface area contributed by atoms with Crippen molar-refractivity contribution >= 4 is 6.09 Å². The molecule has 0 fully saturated rings. The highest BCUT2D eigenvalue weighted by Gasteiger charge is 2.22. The van der Waals surface area contributed by atoms with Crippen molar-refractivity contribution < 1.29 is 19.4 Å². The zero-order valence-corrected chi connectivity index (χ0v) is 22.0. The van der Waals surface area contributed by atoms with Gasteiger partial charge in [-0.15, -0.1) is 0 Å². The summed E-state index contributed by atoms with van der Waals surface area (Å²) in [6, 6.07) is 29.0. The van der Waals surface area contributed by atoms with Crippen molar-refractivity contribution in [2.75, 3.05) is 6.61 Å². The van der Waals surface area contributed by atoms with E-state index in [2.05, 4.69) is 17.4 Å². The maximum Gasteiger partial charge on any atom is 0.407 e. The monoisotopic (exact) mass is 501 g/mol. The second kappa shape index (κ2) is 14.4. The second-order valence-corrected chi connectivity index (χ2v) is 10.3. The van der Waals surface area contributed by atoms with E-state index < -0.39 is 18.2 Å². The number of benzene rings is 3. The van der Waals surface area contributed by atoms with Crippen molar-refractivity contribution in [2.24, 2.45) is 5.92 Å². The Morgan fingerprint density at radius 2 is 1.32 bits per heavy atom. The molecule has 0 aromatic heterocycles. The molecule has 0 heterocycles. The molecule has 3 atom stereocenters. The summed E-state index contributed by atoms with van der Waals surface area (Å²) in [5.74, 6) is 0.0682. The number of aliphatic hydroxyl groups excluding tert-OH is 1. The molecule has 0 saturated heterocycles. The van der Waals surface area contributed by atoms with E-state index in [1.54, 1.807) is 6.08 Å². The summed E-state index contributed by atoms with van der Waals surface area (Å²) < 4.78 is 11.5. The molecule has 0 aliphatic carbocycles. The first-order valence-corrected chi connectivity index (χ1v) is 12.8. The van der Waals surface area contributed by atoms with E-state index in [4.69, 9.17) is 9.47 Å². The van der Waals surface area contributed by atoms with E-state index in [0.717, 1.165) is 17.5 Å². The van der Waals surface area contributed by atoms with E-state index >= 15 is 0 Å². The van der Waals surface area contributed by atoms with Crippen LogP contribution in [-0.2, 0) is 28.9 Å². The molecule has 5 nitrogen and oxygen atoms in total. The minimum Gasteiger partial charge on any atom is -0.445 e. The number of aliphatic hydroxyl groups is 1. The van der Waals surface area contributed by atoms with Crippen molar-refractivity contribution in [2.45, 2.75) is 58.0 Å². The Morgan fingerprint density at radius 1 is 0.811 bits per heavy atom. The van der Waals surface area contributed by atoms with Crippen LogP contribution < -0.4 is 5.32 Å². The van der Waals surface area contributed by atoms with Gasteiger partial charge in [-0.3, -0.25) is 0 Å². The molecule has 3 aromatic carbocycles. The van der Waals surface area contributed by atoms with Crippen molar-refractivity contribution in [3.8, 4) is 0 Å². The third kappa shape index (κ3) is 11.0. The number of ether oxygens (including phenoxy) is 2. The number of hydrogen-bond donors (Lipinski definition) is 2. The molecule has 1 amide bonds. The molecule has 0 spiro atoms. The molecule has 0 unspecified atom stereocenters. The van der Waals surface area contributed by atoms with E-state index in [1.807, 2.05) is 106 Å². The molecule has 37 heavy (non-hydrogen) atoms. The van der Waals surface area contributed by atoms with Crippen LogP contribution in [-0.4, -0.2) is 35.6 Å². The van der Waals surface area contributed by atoms with Crippen LogP contribution in [0.5, 0.6) is 0 Å². The normalized spacial score (nSPS) is 14.2. The fourth-order valence-electron chi connectivity index (χ4n) is 3.90. The molecule has 0 radical (unpaired) electrons. The molecule has 3 rings (SSSR count). The Bertz CT molecular complexity index is 1080. The molecule has 2 N–H and O–H groups in total. The Balaban J connectivity index is 1.69. The Kier molecular flexibility index (Phi) is 10.9. The van der Waals surface area contributed by atoms with Crippen LogP contribution in [0.3, 0.4) is 0 Å². The molecule has 0 saturated carbocycles. The van der Waals surface area contributed by atoms with Gasteiger partial charge in [-0.05, 0) is 50.3 Å². The molecular formula is C32H39NO4. The lowest BCUT2D eigenvalue weighted by Gasteiger charge is -2.25. The summed E-state index contributed by atoms with van der Waals surface area (Å²) in [7, 11) is 0. The quantitative estimate of drug-likeness (QED) is 0.294. The topological polar surface area (TPSA) is 67.8 Å². The van der Waals surface area contributed by atoms with Crippen LogP contribution in [0.2, 0.25) is 0 Å². The third-order valence-electron chi connectivity index (χ3n) is 5.88. The van der Waals surface area contributed by atoms with Crippen LogP contribution in [0.15, 0.2) is 103 Å². The number of rotatable bonds is 12. The van der Waals surface area contributed by atoms with Crippen molar-refractivity contribution in [3.63, 3.8) is 0 Å². The van der Waals surface area contributed by atoms with Crippen LogP contribution >= 0.6 is 0 Å². The minimum atomic E-state index is -0.905. The van der Waals surface area contributed by atoms with E-state index in [1.165, 1.54) is 5.56 Å². The average Bonchev–Trinajstić information content (AvgIpc) is 2.90. The molecule has 0 aliphatic rings. The summed E-state index contributed by atoms with van der Waals surface area (Å²) in [5, 5.41) is 14.0. The SMILES string of the molecule is CC(C)(C)OC[C@@H](C=C[C@@H](O)[C@H](Cc1ccccc1)NC(=O)OCc1ccccc1)Cc1ccccc1. The lowest BCUT2D eigenvalue weighted by atomic mass is 9.96. The smallest absolute Gasteiger partial charge is 0.407 e. The number of nitrogens with one attached hydrogen (secondary N) is 1. The van der Waals surface area contributed by atoms with Crippen LogP contribution in [0, 0.1) is 5.92 Å². The highest BCUT2D eigenvalue weighted by Crippen LogP contribution is 2.17. The van der Waals surface area contributed by atoms with E-state index in [0.29, 0.717) is 13.0 Å². The Hall–Kier alpha value is -3.41. The highest BCUT2D eigenvalue weighted by atomic mass is 16.5. The summed E-state index contributed by atoms with van der Waals surface area (Å²) in [6.07, 6.45) is 3.56. The minimum absolute atomic E-state index is 0.0682. The first-order valence-electron chi connectivity index (χ1n) is 12.8. The molecule has 0 bridgehead atoms. The van der Waals surface area contributed by atoms with Gasteiger partial charge in [0.1, 0.15) is 6.61 Å². The van der Waals surface area contributed by atoms with Gasteiger partial charge in [0, 0.05) is 5.92 Å². The van der Waals surface area contributed by atoms with Crippen molar-refractivity contribution in [1.82, 2.24) is 5.32 Å². The van der Waals surface area contributed by atoms with Gasteiger partial charge in [0.05, 0.1) is 24.4 Å². The lowest BCUT2D eigenvalue weighted by Crippen LogP contribution is -2.44. The van der Waals surface area contributed by atoms with Gasteiger partial charge in [0.2, 0.25) is 0 Å². The summed E-state index contributed by atoms with van der Waals surface area (Å²) in [5.41, 5.74) is 2.86. The standard InChI is InChI=1S/C32H39NO4/c1-32(2,3)37-24-28(21-25-13-7-4-8-14-25)19-20-30(34)29(22-26-15-9-5-10-16-26)33-31(35)36-23-27-17-11-6-12-18-27/h4-20,28-30,34H,21-24H2,1-3H3,(H,33,35)/t28-,29-,30+/m0/s1. The second-order valence-electron chi connectivity index (χ2n) is 10.3. The van der Waals surface area contributed by atoms with Gasteiger partial charge in [0.25, 0.3) is 0 Å². The Labute approximate surface area is 221 Å². The first kappa shape index (κ1) is 28.2. The maximum absolute atomic E-state index is 12.6. The number of alkyl carbamates (subject to hydrolysis) is 1. The Morgan fingerprint density at radius 3 is 1.86 bits per heavy atom. The zero-order valence-electron chi connectivity index (χ0n) is 22.0. The predicted octanol–water partition coefficient (Wildman–Crippen LogP) is 6.12. The van der Waals surface area contributed by atoms with Crippen molar-refractivity contribution in [1.29, 1.82) is 0 Å². The molecule has 0 aliphatic heterocycles. The largest absolute Gasteiger partial charge is 0.445 e. The number of amides is 1. The highest BCUT2D eigenvalue weighted by molar-refractivity contribution is 5.67. The van der Waals surface area contributed by atoms with Gasteiger partial charge < -0.3 is 19.9 Å². The number of hydrogen-bond acceptors (Lipinski definition) is 4. The zero-order chi connectivity index (χ0) is 26.5. The molecule has 5 heteroatoms. The van der Waals surface area contributed by atoms with E-state index in [9.17, 15) is 9.90 Å². The van der Waals surface area contributed by atoms with Crippen LogP contribution in [0.4, 0.5) is 4.79 Å². The summed E-state index contributed by atoms with van der Waals surface area (Å²) in [6.45, 7) is 6.79. The van der Waals surface area contributed by atoms with Gasteiger partial charge in [0.15, 0.2) is 0 Å². The van der Waals surface area contributed by atoms with Crippen LogP contribution in [0.25, 0.3) is 0 Å². The van der Waals surface area contributed by atoms with Gasteiger partial charge in [-0.2, -0.15) is 0 Å². The fraction of sp³-hybridized carbons (Fsp3) is 0.344. The summed E-state index contributed by atoms with van der Waals surface area (Å²) in [4.78, 5) is 12.6. The molecule has 3 aromatic rings. The third-order valence-corrected chi connectivity index (χ3v) is 5.88. The van der Waals surface area contributed by atoms with Gasteiger partial charge in [-0.1, -0.05) is 103 Å². The van der Waals surface area contributed by atoms with E-state index in [-0.39, 0.29) is 18.1 Å². The van der Waals surface area contributed by atoms with Gasteiger partial charge >= 0.3 is 6.09 Å². The molecular weight excluding hydrogens is 462 g/mol. The van der Waals surface area contributed by atoms with Gasteiger partial charge in [-0.25, -0.2) is 4.79 Å². The first-order chi connectivity index (χ1) is 17.8. The summed E-state index contributed by atoms with van der Waals surface area (Å²) >= 11 is 0. The van der Waals surface area contributed by atoms with Crippen LogP contribution in [0.1, 0.15) is 37.5 Å². The lowest BCUT2D eigenvalue weighted by molar-refractivity contribution is -0.0153. The molecule has 196 valence electrons. The number of carbonyl (C=O) groups is 1. The van der Waals surface area contributed by atoms with Crippen molar-refractivity contribution in [3.05, 3.63) is 120 Å².